The van der Waals surface area contributed by atoms with Crippen LogP contribution in [0.1, 0.15) is 20.3 Å². The Hall–Kier alpha value is -0.700. The van der Waals surface area contributed by atoms with Gasteiger partial charge in [0.15, 0.2) is 5.82 Å². The number of nitrogen functional groups attached to an aromatic ring is 1. The van der Waals surface area contributed by atoms with Crippen molar-refractivity contribution in [3.63, 3.8) is 0 Å². The molecule has 1 aromatic heterocycles. The van der Waals surface area contributed by atoms with Crippen molar-refractivity contribution in [2.75, 3.05) is 5.73 Å². The van der Waals surface area contributed by atoms with Gasteiger partial charge in [-0.25, -0.2) is 0 Å². The Morgan fingerprint density at radius 1 is 1.75 bits per heavy atom. The van der Waals surface area contributed by atoms with Crippen molar-refractivity contribution in [2.45, 2.75) is 26.8 Å². The lowest BCUT2D eigenvalue weighted by Gasteiger charge is -2.06. The third kappa shape index (κ3) is 2.14. The van der Waals surface area contributed by atoms with Gasteiger partial charge in [-0.05, 0) is 5.92 Å². The molecule has 3 nitrogen and oxygen atoms in total. The van der Waals surface area contributed by atoms with Crippen LogP contribution in [0.15, 0.2) is 6.20 Å². The first-order valence-corrected chi connectivity index (χ1v) is 4.49. The lowest BCUT2D eigenvalue weighted by Crippen LogP contribution is -2.07. The van der Waals surface area contributed by atoms with Gasteiger partial charge in [0.2, 0.25) is 0 Å². The van der Waals surface area contributed by atoms with Crippen molar-refractivity contribution in [2.24, 2.45) is 5.92 Å². The van der Waals surface area contributed by atoms with Crippen LogP contribution in [0.4, 0.5) is 5.82 Å². The molecule has 0 spiro atoms. The van der Waals surface area contributed by atoms with Crippen molar-refractivity contribution >= 4 is 17.4 Å². The molecular weight excluding hydrogens is 174 g/mol. The highest BCUT2D eigenvalue weighted by atomic mass is 35.5. The van der Waals surface area contributed by atoms with E-state index in [-0.39, 0.29) is 0 Å². The van der Waals surface area contributed by atoms with E-state index in [1.807, 2.05) is 0 Å². The molecule has 0 saturated heterocycles. The monoisotopic (exact) mass is 187 g/mol. The number of nitrogens with two attached hydrogens (primary N) is 1. The number of halogens is 1. The average Bonchev–Trinajstić information content (AvgIpc) is 2.31. The Kier molecular flexibility index (Phi) is 2.98. The summed E-state index contributed by atoms with van der Waals surface area (Å²) >= 11 is 5.75. The number of hydrogen-bond acceptors (Lipinski definition) is 2. The van der Waals surface area contributed by atoms with Gasteiger partial charge in [-0.3, -0.25) is 4.68 Å². The molecule has 0 fully saturated rings. The molecule has 0 aliphatic heterocycles. The number of aromatic nitrogens is 2. The molecule has 0 bridgehead atoms. The van der Waals surface area contributed by atoms with Gasteiger partial charge in [0.1, 0.15) is 5.02 Å². The van der Waals surface area contributed by atoms with Gasteiger partial charge < -0.3 is 5.73 Å². The van der Waals surface area contributed by atoms with Crippen LogP contribution in [-0.4, -0.2) is 9.78 Å². The standard InChI is InChI=1S/C8H14ClN3/c1-3-6(2)4-12-5-7(9)8(10)11-12/h5-6H,3-4H2,1-2H3,(H2,10,11). The molecule has 2 N–H and O–H groups in total. The first-order chi connectivity index (χ1) is 5.63. The number of nitrogens with zero attached hydrogens (tertiary/aromatic N) is 2. The zero-order valence-corrected chi connectivity index (χ0v) is 8.17. The van der Waals surface area contributed by atoms with Crippen molar-refractivity contribution in [3.05, 3.63) is 11.2 Å². The molecule has 0 aromatic carbocycles. The SMILES string of the molecule is CCC(C)Cn1cc(Cl)c(N)n1. The molecule has 0 aliphatic carbocycles. The fraction of sp³-hybridized carbons (Fsp3) is 0.625. The van der Waals surface area contributed by atoms with Gasteiger partial charge in [-0.2, -0.15) is 5.10 Å². The molecule has 12 heavy (non-hydrogen) atoms. The summed E-state index contributed by atoms with van der Waals surface area (Å²) in [6, 6.07) is 0. The first kappa shape index (κ1) is 9.39. The molecule has 4 heteroatoms. The highest BCUT2D eigenvalue weighted by Crippen LogP contribution is 2.16. The largest absolute Gasteiger partial charge is 0.381 e. The zero-order valence-electron chi connectivity index (χ0n) is 7.42. The maximum Gasteiger partial charge on any atom is 0.164 e. The maximum atomic E-state index is 5.75. The predicted molar refractivity (Wildman–Crippen MR) is 51.1 cm³/mol. The van der Waals surface area contributed by atoms with Crippen molar-refractivity contribution in [3.8, 4) is 0 Å². The van der Waals surface area contributed by atoms with Crippen LogP contribution in [0.5, 0.6) is 0 Å². The van der Waals surface area contributed by atoms with Crippen LogP contribution in [0.25, 0.3) is 0 Å². The Balaban J connectivity index is 2.64. The summed E-state index contributed by atoms with van der Waals surface area (Å²) in [7, 11) is 0. The minimum absolute atomic E-state index is 0.417. The molecule has 1 heterocycles. The van der Waals surface area contributed by atoms with Gasteiger partial charge >= 0.3 is 0 Å². The van der Waals surface area contributed by atoms with Gasteiger partial charge in [0, 0.05) is 12.7 Å². The molecule has 1 unspecified atom stereocenters. The van der Waals surface area contributed by atoms with Crippen LogP contribution in [0.3, 0.4) is 0 Å². The molecule has 0 amide bonds. The lowest BCUT2D eigenvalue weighted by molar-refractivity contribution is 0.440. The molecule has 1 aromatic rings. The van der Waals surface area contributed by atoms with Gasteiger partial charge in [0.25, 0.3) is 0 Å². The average molecular weight is 188 g/mol. The molecule has 0 radical (unpaired) electrons. The Labute approximate surface area is 77.5 Å². The predicted octanol–water partition coefficient (Wildman–Crippen LogP) is 2.16. The topological polar surface area (TPSA) is 43.8 Å². The van der Waals surface area contributed by atoms with Crippen LogP contribution in [0.2, 0.25) is 5.02 Å². The van der Waals surface area contributed by atoms with Gasteiger partial charge in [0.05, 0.1) is 0 Å². The normalized spacial score (nSPS) is 13.2. The van der Waals surface area contributed by atoms with Gasteiger partial charge in [-0.15, -0.1) is 0 Å². The molecule has 1 rings (SSSR count). The highest BCUT2D eigenvalue weighted by molar-refractivity contribution is 6.32. The van der Waals surface area contributed by atoms with E-state index in [2.05, 4.69) is 18.9 Å². The molecule has 1 atom stereocenters. The van der Waals surface area contributed by atoms with Crippen molar-refractivity contribution in [1.29, 1.82) is 0 Å². The summed E-state index contributed by atoms with van der Waals surface area (Å²) in [5.41, 5.74) is 5.49. The fourth-order valence-corrected chi connectivity index (χ4v) is 1.10. The minimum Gasteiger partial charge on any atom is -0.381 e. The molecular formula is C8H14ClN3. The van der Waals surface area contributed by atoms with E-state index in [9.17, 15) is 0 Å². The van der Waals surface area contributed by atoms with Crippen molar-refractivity contribution in [1.82, 2.24) is 9.78 Å². The molecule has 0 aliphatic rings. The Bertz CT molecular complexity index is 237. The molecule has 0 saturated carbocycles. The fourth-order valence-electron chi connectivity index (χ4n) is 0.954. The van der Waals surface area contributed by atoms with E-state index in [0.717, 1.165) is 13.0 Å². The number of hydrogen-bond donors (Lipinski definition) is 1. The summed E-state index contributed by atoms with van der Waals surface area (Å²) in [6.07, 6.45) is 2.90. The quantitative estimate of drug-likeness (QED) is 0.788. The second-order valence-electron chi connectivity index (χ2n) is 3.10. The number of rotatable bonds is 3. The van der Waals surface area contributed by atoms with E-state index in [1.165, 1.54) is 0 Å². The Morgan fingerprint density at radius 2 is 2.42 bits per heavy atom. The second kappa shape index (κ2) is 3.81. The molecule has 68 valence electrons. The van der Waals surface area contributed by atoms with Crippen LogP contribution in [0, 0.1) is 5.92 Å². The van der Waals surface area contributed by atoms with Gasteiger partial charge in [-0.1, -0.05) is 31.9 Å². The van der Waals surface area contributed by atoms with E-state index in [0.29, 0.717) is 16.8 Å². The summed E-state index contributed by atoms with van der Waals surface area (Å²) in [4.78, 5) is 0. The minimum atomic E-state index is 0.417. The van der Waals surface area contributed by atoms with Crippen LogP contribution < -0.4 is 5.73 Å². The van der Waals surface area contributed by atoms with Crippen molar-refractivity contribution < 1.29 is 0 Å². The van der Waals surface area contributed by atoms with Crippen LogP contribution in [-0.2, 0) is 6.54 Å². The smallest absolute Gasteiger partial charge is 0.164 e. The summed E-state index contributed by atoms with van der Waals surface area (Å²) in [6.45, 7) is 5.21. The summed E-state index contributed by atoms with van der Waals surface area (Å²) < 4.78 is 1.80. The Morgan fingerprint density at radius 3 is 2.83 bits per heavy atom. The lowest BCUT2D eigenvalue weighted by atomic mass is 10.1. The van der Waals surface area contributed by atoms with E-state index < -0.39 is 0 Å². The summed E-state index contributed by atoms with van der Waals surface area (Å²) in [5.74, 6) is 1.03. The first-order valence-electron chi connectivity index (χ1n) is 4.12. The van der Waals surface area contributed by atoms with E-state index in [4.69, 9.17) is 17.3 Å². The third-order valence-electron chi connectivity index (χ3n) is 1.94. The van der Waals surface area contributed by atoms with E-state index in [1.54, 1.807) is 10.9 Å². The van der Waals surface area contributed by atoms with E-state index >= 15 is 0 Å². The second-order valence-corrected chi connectivity index (χ2v) is 3.50. The maximum absolute atomic E-state index is 5.75. The summed E-state index contributed by atoms with van der Waals surface area (Å²) in [5, 5.41) is 4.60. The third-order valence-corrected chi connectivity index (χ3v) is 2.23. The zero-order chi connectivity index (χ0) is 9.14. The highest BCUT2D eigenvalue weighted by Gasteiger charge is 2.05. The van der Waals surface area contributed by atoms with Crippen LogP contribution >= 0.6 is 11.6 Å². The number of anilines is 1.